The van der Waals surface area contributed by atoms with Crippen molar-refractivity contribution < 1.29 is 9.47 Å². The number of rotatable bonds is 8. The van der Waals surface area contributed by atoms with E-state index < -0.39 is 0 Å². The lowest BCUT2D eigenvalue weighted by atomic mass is 10.1. The monoisotopic (exact) mass is 406 g/mol. The van der Waals surface area contributed by atoms with E-state index in [2.05, 4.69) is 37.9 Å². The number of hydrogen-bond acceptors (Lipinski definition) is 5. The molecule has 1 saturated carbocycles. The van der Waals surface area contributed by atoms with Crippen molar-refractivity contribution >= 4 is 22.7 Å². The summed E-state index contributed by atoms with van der Waals surface area (Å²) in [7, 11) is 1.66. The molecule has 1 fully saturated rings. The summed E-state index contributed by atoms with van der Waals surface area (Å²) in [5.41, 5.74) is 2.23. The van der Waals surface area contributed by atoms with Crippen LogP contribution in [-0.2, 0) is 0 Å². The van der Waals surface area contributed by atoms with Crippen molar-refractivity contribution in [2.75, 3.05) is 19.5 Å². The van der Waals surface area contributed by atoms with E-state index in [1.165, 1.54) is 18.2 Å². The molecule has 7 heteroatoms. The van der Waals surface area contributed by atoms with Gasteiger partial charge < -0.3 is 14.5 Å². The molecule has 4 aromatic rings. The molecule has 29 heavy (non-hydrogen) atoms. The van der Waals surface area contributed by atoms with Gasteiger partial charge in [0.2, 0.25) is 0 Å². The highest BCUT2D eigenvalue weighted by molar-refractivity contribution is 7.99. The lowest BCUT2D eigenvalue weighted by Crippen LogP contribution is -2.03. The fourth-order valence-corrected chi connectivity index (χ4v) is 4.26. The van der Waals surface area contributed by atoms with E-state index >= 15 is 0 Å². The largest absolute Gasteiger partial charge is 0.497 e. The molecular weight excluding hydrogens is 384 g/mol. The maximum atomic E-state index is 5.84. The average molecular weight is 407 g/mol. The third-order valence-electron chi connectivity index (χ3n) is 5.05. The predicted octanol–water partition coefficient (Wildman–Crippen LogP) is 4.94. The van der Waals surface area contributed by atoms with Crippen LogP contribution in [0.25, 0.3) is 22.3 Å². The van der Waals surface area contributed by atoms with Crippen LogP contribution in [-0.4, -0.2) is 39.2 Å². The van der Waals surface area contributed by atoms with Crippen LogP contribution in [0, 0.1) is 0 Å². The molecule has 0 radical (unpaired) electrons. The van der Waals surface area contributed by atoms with Gasteiger partial charge in [-0.3, -0.25) is 4.57 Å². The van der Waals surface area contributed by atoms with Gasteiger partial charge in [0.25, 0.3) is 0 Å². The van der Waals surface area contributed by atoms with Crippen LogP contribution in [0.5, 0.6) is 11.5 Å². The molecule has 6 nitrogen and oxygen atoms in total. The number of aromatic nitrogens is 4. The van der Waals surface area contributed by atoms with Crippen molar-refractivity contribution in [3.05, 3.63) is 54.7 Å². The molecule has 0 aliphatic heterocycles. The van der Waals surface area contributed by atoms with Crippen molar-refractivity contribution in [2.45, 2.75) is 24.0 Å². The number of aromatic amines is 1. The molecule has 2 aromatic carbocycles. The van der Waals surface area contributed by atoms with Crippen LogP contribution >= 0.6 is 11.8 Å². The Labute approximate surface area is 173 Å². The number of benzene rings is 2. The van der Waals surface area contributed by atoms with Crippen molar-refractivity contribution in [2.24, 2.45) is 0 Å². The highest BCUT2D eigenvalue weighted by atomic mass is 32.2. The van der Waals surface area contributed by atoms with Crippen LogP contribution in [0.1, 0.15) is 18.9 Å². The number of thioether (sulfide) groups is 1. The van der Waals surface area contributed by atoms with Crippen LogP contribution < -0.4 is 9.47 Å². The number of methoxy groups -OCH3 is 1. The van der Waals surface area contributed by atoms with Gasteiger partial charge in [-0.1, -0.05) is 30.0 Å². The second-order valence-electron chi connectivity index (χ2n) is 7.03. The second-order valence-corrected chi connectivity index (χ2v) is 8.09. The van der Waals surface area contributed by atoms with Crippen LogP contribution in [0.3, 0.4) is 0 Å². The predicted molar refractivity (Wildman–Crippen MR) is 115 cm³/mol. The Bertz CT molecular complexity index is 1120. The molecule has 5 rings (SSSR count). The summed E-state index contributed by atoms with van der Waals surface area (Å²) in [5, 5.41) is 11.2. The number of para-hydroxylation sites is 1. The van der Waals surface area contributed by atoms with Gasteiger partial charge in [0.15, 0.2) is 11.0 Å². The SMILES string of the molecule is COc1ccc(OCCSc2nnc(-c3c[nH]c4ccccc34)n2C2CC2)cc1. The maximum Gasteiger partial charge on any atom is 0.191 e. The summed E-state index contributed by atoms with van der Waals surface area (Å²) in [6.45, 7) is 0.608. The molecule has 1 aliphatic rings. The molecule has 0 bridgehead atoms. The molecule has 2 aromatic heterocycles. The zero-order chi connectivity index (χ0) is 19.6. The molecule has 0 amide bonds. The van der Waals surface area contributed by atoms with E-state index in [1.54, 1.807) is 18.9 Å². The quantitative estimate of drug-likeness (QED) is 0.332. The Morgan fingerprint density at radius 1 is 1.07 bits per heavy atom. The first-order chi connectivity index (χ1) is 14.3. The Balaban J connectivity index is 1.30. The van der Waals surface area contributed by atoms with Gasteiger partial charge in [0.1, 0.15) is 11.5 Å². The average Bonchev–Trinajstić information content (AvgIpc) is 3.38. The first kappa shape index (κ1) is 18.1. The van der Waals surface area contributed by atoms with Gasteiger partial charge in [-0.05, 0) is 43.2 Å². The lowest BCUT2D eigenvalue weighted by molar-refractivity contribution is 0.342. The van der Waals surface area contributed by atoms with E-state index in [-0.39, 0.29) is 0 Å². The molecule has 0 spiro atoms. The Morgan fingerprint density at radius 3 is 2.66 bits per heavy atom. The summed E-state index contributed by atoms with van der Waals surface area (Å²) in [5.74, 6) is 3.43. The summed E-state index contributed by atoms with van der Waals surface area (Å²) < 4.78 is 13.3. The first-order valence-electron chi connectivity index (χ1n) is 9.74. The standard InChI is InChI=1S/C22H22N4O2S/c1-27-16-8-10-17(11-9-16)28-12-13-29-22-25-24-21(26(22)15-6-7-15)19-14-23-20-5-3-2-4-18(19)20/h2-5,8-11,14-15,23H,6-7,12-13H2,1H3. The summed E-state index contributed by atoms with van der Waals surface area (Å²) >= 11 is 1.70. The van der Waals surface area contributed by atoms with E-state index in [1.807, 2.05) is 36.5 Å². The molecule has 148 valence electrons. The molecular formula is C22H22N4O2S. The van der Waals surface area contributed by atoms with E-state index in [4.69, 9.17) is 9.47 Å². The third kappa shape index (κ3) is 3.70. The Kier molecular flexibility index (Phi) is 4.89. The molecule has 0 unspecified atom stereocenters. The maximum absolute atomic E-state index is 5.84. The first-order valence-corrected chi connectivity index (χ1v) is 10.7. The van der Waals surface area contributed by atoms with Crippen molar-refractivity contribution in [1.82, 2.24) is 19.7 Å². The van der Waals surface area contributed by atoms with Gasteiger partial charge in [-0.2, -0.15) is 0 Å². The van der Waals surface area contributed by atoms with Crippen LogP contribution in [0.15, 0.2) is 59.9 Å². The summed E-state index contributed by atoms with van der Waals surface area (Å²) in [6, 6.07) is 16.5. The fraction of sp³-hybridized carbons (Fsp3) is 0.273. The minimum absolute atomic E-state index is 0.499. The van der Waals surface area contributed by atoms with Gasteiger partial charge in [0, 0.05) is 34.5 Å². The normalized spacial score (nSPS) is 13.7. The minimum Gasteiger partial charge on any atom is -0.497 e. The minimum atomic E-state index is 0.499. The molecule has 0 saturated heterocycles. The smallest absolute Gasteiger partial charge is 0.191 e. The highest BCUT2D eigenvalue weighted by Gasteiger charge is 2.30. The van der Waals surface area contributed by atoms with Crippen molar-refractivity contribution in [3.8, 4) is 22.9 Å². The Morgan fingerprint density at radius 2 is 1.86 bits per heavy atom. The van der Waals surface area contributed by atoms with E-state index in [0.717, 1.165) is 39.3 Å². The molecule has 0 atom stereocenters. The number of hydrogen-bond donors (Lipinski definition) is 1. The number of fused-ring (bicyclic) bond motifs is 1. The highest BCUT2D eigenvalue weighted by Crippen LogP contribution is 2.42. The number of nitrogens with one attached hydrogen (secondary N) is 1. The van der Waals surface area contributed by atoms with E-state index in [9.17, 15) is 0 Å². The Hall–Kier alpha value is -2.93. The zero-order valence-electron chi connectivity index (χ0n) is 16.2. The molecule has 2 heterocycles. The van der Waals surface area contributed by atoms with Gasteiger partial charge >= 0.3 is 0 Å². The van der Waals surface area contributed by atoms with Gasteiger partial charge in [-0.15, -0.1) is 10.2 Å². The van der Waals surface area contributed by atoms with Crippen molar-refractivity contribution in [3.63, 3.8) is 0 Å². The number of ether oxygens (including phenoxy) is 2. The summed E-state index contributed by atoms with van der Waals surface area (Å²) in [6.07, 6.45) is 4.40. The van der Waals surface area contributed by atoms with Crippen LogP contribution in [0.4, 0.5) is 0 Å². The number of nitrogens with zero attached hydrogens (tertiary/aromatic N) is 3. The number of H-pyrrole nitrogens is 1. The van der Waals surface area contributed by atoms with E-state index in [0.29, 0.717) is 12.6 Å². The second kappa shape index (κ2) is 7.83. The van der Waals surface area contributed by atoms with Gasteiger partial charge in [0.05, 0.1) is 13.7 Å². The topological polar surface area (TPSA) is 65.0 Å². The molecule has 1 aliphatic carbocycles. The lowest BCUT2D eigenvalue weighted by Gasteiger charge is -2.09. The summed E-state index contributed by atoms with van der Waals surface area (Å²) in [4.78, 5) is 3.34. The van der Waals surface area contributed by atoms with Gasteiger partial charge in [-0.25, -0.2) is 0 Å². The van der Waals surface area contributed by atoms with Crippen molar-refractivity contribution in [1.29, 1.82) is 0 Å². The molecule has 1 N–H and O–H groups in total. The van der Waals surface area contributed by atoms with Crippen LogP contribution in [0.2, 0.25) is 0 Å². The fourth-order valence-electron chi connectivity index (χ4n) is 3.44. The zero-order valence-corrected chi connectivity index (χ0v) is 17.0. The third-order valence-corrected chi connectivity index (χ3v) is 5.96.